The minimum Gasteiger partial charge on any atom is -0.459 e. The van der Waals surface area contributed by atoms with Crippen LogP contribution in [-0.4, -0.2) is 24.9 Å². The summed E-state index contributed by atoms with van der Waals surface area (Å²) in [6, 6.07) is 3.26. The number of rotatable bonds is 6. The maximum atomic E-state index is 11.6. The zero-order chi connectivity index (χ0) is 13.5. The zero-order valence-corrected chi connectivity index (χ0v) is 10.7. The van der Waals surface area contributed by atoms with Gasteiger partial charge in [0.1, 0.15) is 0 Å². The number of carbonyl (C=O) groups excluding carboxylic acids is 2. The van der Waals surface area contributed by atoms with Gasteiger partial charge in [-0.2, -0.15) is 0 Å². The summed E-state index contributed by atoms with van der Waals surface area (Å²) in [5.41, 5.74) is 0. The molecule has 1 atom stereocenters. The van der Waals surface area contributed by atoms with Crippen molar-refractivity contribution in [2.45, 2.75) is 19.3 Å². The van der Waals surface area contributed by atoms with Crippen LogP contribution < -0.4 is 10.6 Å². The summed E-state index contributed by atoms with van der Waals surface area (Å²) in [7, 11) is 0. The van der Waals surface area contributed by atoms with Crippen LogP contribution in [0.15, 0.2) is 35.0 Å². The molecule has 0 aromatic carbocycles. The van der Waals surface area contributed by atoms with Crippen LogP contribution in [-0.2, 0) is 4.79 Å². The second kappa shape index (κ2) is 6.78. The van der Waals surface area contributed by atoms with E-state index in [2.05, 4.69) is 22.8 Å². The first-order valence-corrected chi connectivity index (χ1v) is 6.51. The molecule has 2 rings (SSSR count). The van der Waals surface area contributed by atoms with Gasteiger partial charge < -0.3 is 15.1 Å². The summed E-state index contributed by atoms with van der Waals surface area (Å²) in [6.07, 6.45) is 8.31. The Bertz CT molecular complexity index is 451. The summed E-state index contributed by atoms with van der Waals surface area (Å²) in [6.45, 7) is 0.827. The van der Waals surface area contributed by atoms with Crippen LogP contribution in [0.5, 0.6) is 0 Å². The van der Waals surface area contributed by atoms with E-state index in [-0.39, 0.29) is 17.6 Å². The number of carbonyl (C=O) groups is 2. The Hall–Kier alpha value is -2.04. The fourth-order valence-corrected chi connectivity index (χ4v) is 2.05. The molecule has 2 amide bonds. The summed E-state index contributed by atoms with van der Waals surface area (Å²) < 4.78 is 4.96. The minimum absolute atomic E-state index is 0.0313. The van der Waals surface area contributed by atoms with Crippen molar-refractivity contribution in [3.05, 3.63) is 36.3 Å². The minimum atomic E-state index is -0.266. The Morgan fingerprint density at radius 3 is 2.84 bits per heavy atom. The number of hydrogen-bond donors (Lipinski definition) is 2. The molecule has 0 aliphatic heterocycles. The van der Waals surface area contributed by atoms with E-state index >= 15 is 0 Å². The molecule has 19 heavy (non-hydrogen) atoms. The highest BCUT2D eigenvalue weighted by molar-refractivity contribution is 5.91. The van der Waals surface area contributed by atoms with Gasteiger partial charge in [0.2, 0.25) is 5.91 Å². The molecule has 0 saturated carbocycles. The lowest BCUT2D eigenvalue weighted by Gasteiger charge is -2.09. The van der Waals surface area contributed by atoms with Crippen molar-refractivity contribution in [3.63, 3.8) is 0 Å². The van der Waals surface area contributed by atoms with Gasteiger partial charge in [-0.25, -0.2) is 0 Å². The maximum absolute atomic E-state index is 11.6. The molecule has 5 nitrogen and oxygen atoms in total. The van der Waals surface area contributed by atoms with Crippen molar-refractivity contribution in [1.82, 2.24) is 10.6 Å². The zero-order valence-electron chi connectivity index (χ0n) is 10.7. The highest BCUT2D eigenvalue weighted by Gasteiger charge is 2.13. The average Bonchev–Trinajstić information content (AvgIpc) is 3.06. The monoisotopic (exact) mass is 262 g/mol. The SMILES string of the molecule is O=C(CC1C=CCC1)NCCNC(=O)c1ccco1. The van der Waals surface area contributed by atoms with E-state index in [1.54, 1.807) is 12.1 Å². The molecule has 0 fully saturated rings. The molecule has 1 heterocycles. The highest BCUT2D eigenvalue weighted by atomic mass is 16.3. The normalized spacial score (nSPS) is 17.4. The van der Waals surface area contributed by atoms with Gasteiger partial charge in [0.05, 0.1) is 6.26 Å². The van der Waals surface area contributed by atoms with Gasteiger partial charge in [-0.15, -0.1) is 0 Å². The number of amides is 2. The van der Waals surface area contributed by atoms with Gasteiger partial charge >= 0.3 is 0 Å². The van der Waals surface area contributed by atoms with E-state index in [0.29, 0.717) is 25.4 Å². The molecule has 0 spiro atoms. The molecule has 1 unspecified atom stereocenters. The van der Waals surface area contributed by atoms with Crippen molar-refractivity contribution in [2.75, 3.05) is 13.1 Å². The van der Waals surface area contributed by atoms with Crippen LogP contribution >= 0.6 is 0 Å². The van der Waals surface area contributed by atoms with Crippen LogP contribution in [0.3, 0.4) is 0 Å². The lowest BCUT2D eigenvalue weighted by molar-refractivity contribution is -0.121. The molecule has 0 bridgehead atoms. The lowest BCUT2D eigenvalue weighted by atomic mass is 10.1. The van der Waals surface area contributed by atoms with Crippen LogP contribution in [0.25, 0.3) is 0 Å². The lowest BCUT2D eigenvalue weighted by Crippen LogP contribution is -2.35. The van der Waals surface area contributed by atoms with Crippen molar-refractivity contribution in [3.8, 4) is 0 Å². The molecule has 1 aliphatic rings. The Kier molecular flexibility index (Phi) is 4.78. The molecular formula is C14H18N2O3. The molecule has 0 radical (unpaired) electrons. The first-order chi connectivity index (χ1) is 9.25. The molecule has 1 aromatic heterocycles. The number of hydrogen-bond acceptors (Lipinski definition) is 3. The highest BCUT2D eigenvalue weighted by Crippen LogP contribution is 2.19. The topological polar surface area (TPSA) is 71.3 Å². The van der Waals surface area contributed by atoms with Crippen LogP contribution in [0, 0.1) is 5.92 Å². The third-order valence-corrected chi connectivity index (χ3v) is 3.04. The average molecular weight is 262 g/mol. The summed E-state index contributed by atoms with van der Waals surface area (Å²) in [5, 5.41) is 5.46. The fraction of sp³-hybridized carbons (Fsp3) is 0.429. The first-order valence-electron chi connectivity index (χ1n) is 6.51. The van der Waals surface area contributed by atoms with E-state index in [0.717, 1.165) is 12.8 Å². The van der Waals surface area contributed by atoms with Gasteiger partial charge in [-0.1, -0.05) is 12.2 Å². The number of nitrogens with one attached hydrogen (secondary N) is 2. The van der Waals surface area contributed by atoms with E-state index in [1.165, 1.54) is 6.26 Å². The molecule has 102 valence electrons. The second-order valence-corrected chi connectivity index (χ2v) is 4.55. The first kappa shape index (κ1) is 13.4. The van der Waals surface area contributed by atoms with Crippen molar-refractivity contribution >= 4 is 11.8 Å². The summed E-state index contributed by atoms with van der Waals surface area (Å²) in [5.74, 6) is 0.418. The molecule has 1 aromatic rings. The van der Waals surface area contributed by atoms with Gasteiger partial charge in [0, 0.05) is 19.5 Å². The number of furan rings is 1. The molecule has 0 saturated heterocycles. The predicted octanol–water partition coefficient (Wildman–Crippen LogP) is 1.48. The Labute approximate surface area is 112 Å². The summed E-state index contributed by atoms with van der Waals surface area (Å²) in [4.78, 5) is 23.1. The molecule has 1 aliphatic carbocycles. The van der Waals surface area contributed by atoms with Gasteiger partial charge in [0.25, 0.3) is 5.91 Å². The Morgan fingerprint density at radius 2 is 2.16 bits per heavy atom. The Balaban J connectivity index is 1.57. The maximum Gasteiger partial charge on any atom is 0.287 e. The van der Waals surface area contributed by atoms with Crippen molar-refractivity contribution in [1.29, 1.82) is 0 Å². The molecular weight excluding hydrogens is 244 g/mol. The van der Waals surface area contributed by atoms with E-state index in [1.807, 2.05) is 0 Å². The number of allylic oxidation sites excluding steroid dienone is 2. The third-order valence-electron chi connectivity index (χ3n) is 3.04. The predicted molar refractivity (Wildman–Crippen MR) is 70.5 cm³/mol. The van der Waals surface area contributed by atoms with E-state index < -0.39 is 0 Å². The largest absolute Gasteiger partial charge is 0.459 e. The van der Waals surface area contributed by atoms with Crippen molar-refractivity contribution in [2.24, 2.45) is 5.92 Å². The van der Waals surface area contributed by atoms with Gasteiger partial charge in [-0.05, 0) is 30.9 Å². The van der Waals surface area contributed by atoms with Gasteiger partial charge in [0.15, 0.2) is 5.76 Å². The summed E-state index contributed by atoms with van der Waals surface area (Å²) >= 11 is 0. The quantitative estimate of drug-likeness (QED) is 0.602. The molecule has 5 heteroatoms. The van der Waals surface area contributed by atoms with Crippen LogP contribution in [0.4, 0.5) is 0 Å². The van der Waals surface area contributed by atoms with Crippen LogP contribution in [0.1, 0.15) is 29.8 Å². The van der Waals surface area contributed by atoms with Gasteiger partial charge in [-0.3, -0.25) is 9.59 Å². The Morgan fingerprint density at radius 1 is 1.32 bits per heavy atom. The second-order valence-electron chi connectivity index (χ2n) is 4.55. The fourth-order valence-electron chi connectivity index (χ4n) is 2.05. The molecule has 2 N–H and O–H groups in total. The van der Waals surface area contributed by atoms with E-state index in [9.17, 15) is 9.59 Å². The van der Waals surface area contributed by atoms with E-state index in [4.69, 9.17) is 4.42 Å². The smallest absolute Gasteiger partial charge is 0.287 e. The standard InChI is InChI=1S/C14H18N2O3/c17-13(10-11-4-1-2-5-11)15-7-8-16-14(18)12-6-3-9-19-12/h1,3-4,6,9,11H,2,5,7-8,10H2,(H,15,17)(H,16,18). The van der Waals surface area contributed by atoms with Crippen LogP contribution in [0.2, 0.25) is 0 Å². The third kappa shape index (κ3) is 4.28. The van der Waals surface area contributed by atoms with Crippen molar-refractivity contribution < 1.29 is 14.0 Å².